The Bertz CT molecular complexity index is 1070. The summed E-state index contributed by atoms with van der Waals surface area (Å²) in [6.07, 6.45) is 0.628. The zero-order chi connectivity index (χ0) is 18.0. The van der Waals surface area contributed by atoms with E-state index in [1.807, 2.05) is 13.0 Å². The number of sulfonamides is 1. The molecular formula is C17H15N3O4S. The lowest BCUT2D eigenvalue weighted by Gasteiger charge is -2.06. The van der Waals surface area contributed by atoms with Gasteiger partial charge < -0.3 is 15.5 Å². The van der Waals surface area contributed by atoms with Crippen molar-refractivity contribution < 1.29 is 17.6 Å². The highest BCUT2D eigenvalue weighted by atomic mass is 32.2. The molecular weight excluding hydrogens is 342 g/mol. The molecule has 1 aromatic heterocycles. The van der Waals surface area contributed by atoms with E-state index in [1.54, 1.807) is 18.2 Å². The third kappa shape index (κ3) is 3.69. The summed E-state index contributed by atoms with van der Waals surface area (Å²) < 4.78 is 33.5. The smallest absolute Gasteiger partial charge is 0.285 e. The first-order valence-corrected chi connectivity index (χ1v) is 8.74. The minimum atomic E-state index is -3.98. The van der Waals surface area contributed by atoms with Gasteiger partial charge in [-0.2, -0.15) is 8.42 Å². The van der Waals surface area contributed by atoms with E-state index < -0.39 is 10.0 Å². The quantitative estimate of drug-likeness (QED) is 0.421. The SMILES string of the molecule is Cc1cc2cc(NC(N)=NS(=O)(=O)c3ccc(C=O)cc3)ccc2o1. The minimum Gasteiger partial charge on any atom is -0.461 e. The number of nitrogens with one attached hydrogen (secondary N) is 1. The number of nitrogens with zero attached hydrogens (tertiary/aromatic N) is 1. The Kier molecular flexibility index (Phi) is 4.28. The molecule has 1 heterocycles. The number of benzene rings is 2. The number of hydrogen-bond acceptors (Lipinski definition) is 4. The number of carbonyl (C=O) groups excluding carboxylic acids is 1. The highest BCUT2D eigenvalue weighted by Crippen LogP contribution is 2.22. The Morgan fingerprint density at radius 2 is 1.88 bits per heavy atom. The van der Waals surface area contributed by atoms with Crippen LogP contribution in [0.15, 0.2) is 62.2 Å². The number of hydrogen-bond donors (Lipinski definition) is 2. The Balaban J connectivity index is 1.84. The molecule has 0 fully saturated rings. The first-order valence-electron chi connectivity index (χ1n) is 7.30. The summed E-state index contributed by atoms with van der Waals surface area (Å²) in [5, 5.41) is 3.61. The summed E-state index contributed by atoms with van der Waals surface area (Å²) in [6, 6.07) is 12.5. The molecule has 0 saturated carbocycles. The second-order valence-electron chi connectivity index (χ2n) is 5.37. The van der Waals surface area contributed by atoms with Crippen molar-refractivity contribution in [3.05, 3.63) is 59.9 Å². The average Bonchev–Trinajstić information content (AvgIpc) is 2.93. The van der Waals surface area contributed by atoms with Crippen LogP contribution in [0.4, 0.5) is 5.69 Å². The van der Waals surface area contributed by atoms with Gasteiger partial charge in [0.05, 0.1) is 4.90 Å². The zero-order valence-corrected chi connectivity index (χ0v) is 14.1. The summed E-state index contributed by atoms with van der Waals surface area (Å²) in [7, 11) is -3.98. The second kappa shape index (κ2) is 6.40. The molecule has 25 heavy (non-hydrogen) atoms. The van der Waals surface area contributed by atoms with Crippen LogP contribution >= 0.6 is 0 Å². The lowest BCUT2D eigenvalue weighted by atomic mass is 10.2. The van der Waals surface area contributed by atoms with E-state index in [0.717, 1.165) is 16.7 Å². The number of fused-ring (bicyclic) bond motifs is 1. The number of aldehydes is 1. The predicted molar refractivity (Wildman–Crippen MR) is 95.2 cm³/mol. The fraction of sp³-hybridized carbons (Fsp3) is 0.0588. The van der Waals surface area contributed by atoms with Crippen LogP contribution in [-0.2, 0) is 10.0 Å². The van der Waals surface area contributed by atoms with Gasteiger partial charge in [-0.15, -0.1) is 4.40 Å². The fourth-order valence-electron chi connectivity index (χ4n) is 2.33. The zero-order valence-electron chi connectivity index (χ0n) is 13.3. The molecule has 0 saturated heterocycles. The van der Waals surface area contributed by atoms with Gasteiger partial charge in [-0.05, 0) is 43.3 Å². The molecule has 0 spiro atoms. The van der Waals surface area contributed by atoms with Crippen LogP contribution in [-0.4, -0.2) is 20.7 Å². The van der Waals surface area contributed by atoms with E-state index in [0.29, 0.717) is 17.5 Å². The molecule has 0 aliphatic heterocycles. The third-order valence-corrected chi connectivity index (χ3v) is 4.75. The minimum absolute atomic E-state index is 0.0521. The normalized spacial score (nSPS) is 12.3. The van der Waals surface area contributed by atoms with Crippen molar-refractivity contribution in [2.75, 3.05) is 5.32 Å². The van der Waals surface area contributed by atoms with Gasteiger partial charge in [0, 0.05) is 16.6 Å². The van der Waals surface area contributed by atoms with Crippen LogP contribution in [0.5, 0.6) is 0 Å². The van der Waals surface area contributed by atoms with Gasteiger partial charge in [-0.1, -0.05) is 12.1 Å². The molecule has 0 atom stereocenters. The topological polar surface area (TPSA) is 115 Å². The van der Waals surface area contributed by atoms with E-state index in [9.17, 15) is 13.2 Å². The molecule has 2 aromatic carbocycles. The summed E-state index contributed by atoms with van der Waals surface area (Å²) in [4.78, 5) is 10.6. The largest absolute Gasteiger partial charge is 0.461 e. The maximum Gasteiger partial charge on any atom is 0.285 e. The van der Waals surface area contributed by atoms with Crippen molar-refractivity contribution in [2.24, 2.45) is 10.1 Å². The average molecular weight is 357 g/mol. The molecule has 7 nitrogen and oxygen atoms in total. The van der Waals surface area contributed by atoms with Gasteiger partial charge in [0.2, 0.25) is 5.96 Å². The number of aryl methyl sites for hydroxylation is 1. The molecule has 128 valence electrons. The number of rotatable bonds is 4. The van der Waals surface area contributed by atoms with E-state index in [4.69, 9.17) is 10.2 Å². The molecule has 8 heteroatoms. The fourth-order valence-corrected chi connectivity index (χ4v) is 3.22. The number of nitrogens with two attached hydrogens (primary N) is 1. The lowest BCUT2D eigenvalue weighted by molar-refractivity contribution is 0.112. The highest BCUT2D eigenvalue weighted by Gasteiger charge is 2.14. The van der Waals surface area contributed by atoms with E-state index >= 15 is 0 Å². The summed E-state index contributed by atoms with van der Waals surface area (Å²) in [5.41, 5.74) is 7.40. The van der Waals surface area contributed by atoms with E-state index in [1.165, 1.54) is 24.3 Å². The Morgan fingerprint density at radius 1 is 1.16 bits per heavy atom. The van der Waals surface area contributed by atoms with Crippen molar-refractivity contribution in [1.29, 1.82) is 0 Å². The summed E-state index contributed by atoms with van der Waals surface area (Å²) in [6.45, 7) is 1.84. The molecule has 0 aliphatic rings. The first-order chi connectivity index (χ1) is 11.9. The maximum atomic E-state index is 12.2. The van der Waals surface area contributed by atoms with E-state index in [-0.39, 0.29) is 10.9 Å². The van der Waals surface area contributed by atoms with Gasteiger partial charge >= 0.3 is 0 Å². The van der Waals surface area contributed by atoms with Crippen molar-refractivity contribution in [1.82, 2.24) is 0 Å². The monoisotopic (exact) mass is 357 g/mol. The maximum absolute atomic E-state index is 12.2. The van der Waals surface area contributed by atoms with Gasteiger partial charge in [0.1, 0.15) is 17.6 Å². The Morgan fingerprint density at radius 3 is 2.56 bits per heavy atom. The van der Waals surface area contributed by atoms with Crippen LogP contribution in [0.25, 0.3) is 11.0 Å². The number of anilines is 1. The van der Waals surface area contributed by atoms with Gasteiger partial charge in [0.25, 0.3) is 10.0 Å². The summed E-state index contributed by atoms with van der Waals surface area (Å²) >= 11 is 0. The van der Waals surface area contributed by atoms with Crippen molar-refractivity contribution >= 4 is 38.9 Å². The van der Waals surface area contributed by atoms with Gasteiger partial charge in [0.15, 0.2) is 0 Å². The third-order valence-electron chi connectivity index (χ3n) is 3.44. The number of furan rings is 1. The molecule has 0 bridgehead atoms. The predicted octanol–water partition coefficient (Wildman–Crippen LogP) is 2.67. The summed E-state index contributed by atoms with van der Waals surface area (Å²) in [5.74, 6) is 0.508. The van der Waals surface area contributed by atoms with Gasteiger partial charge in [-0.25, -0.2) is 0 Å². The molecule has 0 radical (unpaired) electrons. The van der Waals surface area contributed by atoms with E-state index in [2.05, 4.69) is 9.71 Å². The molecule has 3 rings (SSSR count). The molecule has 3 aromatic rings. The van der Waals surface area contributed by atoms with Crippen molar-refractivity contribution in [3.8, 4) is 0 Å². The van der Waals surface area contributed by atoms with Crippen LogP contribution in [0.2, 0.25) is 0 Å². The molecule has 0 amide bonds. The number of carbonyl (C=O) groups is 1. The first kappa shape index (κ1) is 16.7. The van der Waals surface area contributed by atoms with Crippen LogP contribution in [0, 0.1) is 6.92 Å². The molecule has 3 N–H and O–H groups in total. The van der Waals surface area contributed by atoms with Crippen molar-refractivity contribution in [2.45, 2.75) is 11.8 Å². The molecule has 0 unspecified atom stereocenters. The van der Waals surface area contributed by atoms with Gasteiger partial charge in [-0.3, -0.25) is 4.79 Å². The molecule has 0 aliphatic carbocycles. The standard InChI is InChI=1S/C17H15N3O4S/c1-11-8-13-9-14(4-7-16(13)24-11)19-17(18)20-25(22,23)15-5-2-12(10-21)3-6-15/h2-10H,1H3,(H3,18,19,20). The Labute approximate surface area is 144 Å². The Hall–Kier alpha value is -3.13. The van der Waals surface area contributed by atoms with Crippen LogP contribution in [0.1, 0.15) is 16.1 Å². The van der Waals surface area contributed by atoms with Crippen molar-refractivity contribution in [3.63, 3.8) is 0 Å². The highest BCUT2D eigenvalue weighted by molar-refractivity contribution is 7.90. The lowest BCUT2D eigenvalue weighted by Crippen LogP contribution is -2.24. The second-order valence-corrected chi connectivity index (χ2v) is 6.98. The number of guanidine groups is 1. The van der Waals surface area contributed by atoms with Crippen LogP contribution < -0.4 is 11.1 Å². The van der Waals surface area contributed by atoms with Crippen LogP contribution in [0.3, 0.4) is 0 Å².